The first-order valence-corrected chi connectivity index (χ1v) is 6.77. The van der Waals surface area contributed by atoms with Crippen molar-refractivity contribution in [3.05, 3.63) is 16.4 Å². The molecule has 1 aliphatic rings. The topological polar surface area (TPSA) is 59.0 Å². The number of aromatic nitrogens is 2. The summed E-state index contributed by atoms with van der Waals surface area (Å²) in [6.07, 6.45) is 1.38. The summed E-state index contributed by atoms with van der Waals surface area (Å²) in [4.78, 5) is 11.1. The molecular weight excluding hydrogens is 252 g/mol. The molecule has 2 rings (SSSR count). The largest absolute Gasteiger partial charge is 0.354 e. The van der Waals surface area contributed by atoms with Gasteiger partial charge in [-0.05, 0) is 13.3 Å². The molecule has 1 unspecified atom stereocenters. The van der Waals surface area contributed by atoms with Crippen LogP contribution in [0.2, 0.25) is 5.02 Å². The van der Waals surface area contributed by atoms with E-state index in [2.05, 4.69) is 15.7 Å². The number of carbonyl (C=O) groups excluding carboxylic acids is 1. The molecule has 2 heterocycles. The molecule has 0 saturated carbocycles. The molecule has 1 saturated heterocycles. The minimum Gasteiger partial charge on any atom is -0.354 e. The van der Waals surface area contributed by atoms with Crippen molar-refractivity contribution in [2.75, 3.05) is 6.54 Å². The standard InChI is InChI=1S/C12H19ClN4O/c1-3-9-12(13)10(17(4-2)16-9)7-14-8-5-11(18)15-6-8/h8,14H,3-7H2,1-2H3,(H,15,18). The molecule has 2 N–H and O–H groups in total. The predicted molar refractivity (Wildman–Crippen MR) is 70.5 cm³/mol. The molecule has 1 atom stereocenters. The fraction of sp³-hybridized carbons (Fsp3) is 0.667. The number of carbonyl (C=O) groups is 1. The number of hydrogen-bond acceptors (Lipinski definition) is 3. The SMILES string of the molecule is CCc1nn(CC)c(CNC2CNC(=O)C2)c1Cl. The van der Waals surface area contributed by atoms with Gasteiger partial charge in [0.2, 0.25) is 5.91 Å². The number of nitrogens with one attached hydrogen (secondary N) is 2. The molecule has 0 bridgehead atoms. The zero-order valence-corrected chi connectivity index (χ0v) is 11.5. The van der Waals surface area contributed by atoms with Gasteiger partial charge in [0.05, 0.1) is 16.4 Å². The number of rotatable bonds is 5. The highest BCUT2D eigenvalue weighted by Crippen LogP contribution is 2.21. The summed E-state index contributed by atoms with van der Waals surface area (Å²) in [5.41, 5.74) is 1.95. The average Bonchev–Trinajstić information content (AvgIpc) is 2.91. The molecule has 0 radical (unpaired) electrons. The highest BCUT2D eigenvalue weighted by atomic mass is 35.5. The second-order valence-corrected chi connectivity index (χ2v) is 4.84. The van der Waals surface area contributed by atoms with E-state index in [-0.39, 0.29) is 11.9 Å². The van der Waals surface area contributed by atoms with Crippen LogP contribution in [0.3, 0.4) is 0 Å². The van der Waals surface area contributed by atoms with Gasteiger partial charge in [-0.2, -0.15) is 5.10 Å². The Balaban J connectivity index is 2.04. The Bertz CT molecular complexity index is 444. The lowest BCUT2D eigenvalue weighted by atomic mass is 10.2. The van der Waals surface area contributed by atoms with Crippen LogP contribution in [0.1, 0.15) is 31.7 Å². The lowest BCUT2D eigenvalue weighted by molar-refractivity contribution is -0.119. The van der Waals surface area contributed by atoms with Crippen molar-refractivity contribution in [3.63, 3.8) is 0 Å². The molecule has 5 nitrogen and oxygen atoms in total. The van der Waals surface area contributed by atoms with E-state index in [0.29, 0.717) is 19.5 Å². The number of aryl methyl sites for hydroxylation is 2. The average molecular weight is 271 g/mol. The van der Waals surface area contributed by atoms with Crippen LogP contribution in [-0.2, 0) is 24.3 Å². The molecule has 1 aromatic heterocycles. The van der Waals surface area contributed by atoms with E-state index < -0.39 is 0 Å². The quantitative estimate of drug-likeness (QED) is 0.842. The van der Waals surface area contributed by atoms with Crippen molar-refractivity contribution in [3.8, 4) is 0 Å². The first kappa shape index (κ1) is 13.4. The lowest BCUT2D eigenvalue weighted by Gasteiger charge is -2.11. The first-order valence-electron chi connectivity index (χ1n) is 6.39. The smallest absolute Gasteiger partial charge is 0.221 e. The third-order valence-electron chi connectivity index (χ3n) is 3.23. The Hall–Kier alpha value is -1.07. The zero-order chi connectivity index (χ0) is 13.1. The van der Waals surface area contributed by atoms with Crippen LogP contribution in [-0.4, -0.2) is 28.3 Å². The van der Waals surface area contributed by atoms with Crippen molar-refractivity contribution >= 4 is 17.5 Å². The minimum atomic E-state index is 0.108. The monoisotopic (exact) mass is 270 g/mol. The van der Waals surface area contributed by atoms with Gasteiger partial charge in [0.25, 0.3) is 0 Å². The predicted octanol–water partition coefficient (Wildman–Crippen LogP) is 1.10. The summed E-state index contributed by atoms with van der Waals surface area (Å²) in [6, 6.07) is 0.193. The second-order valence-electron chi connectivity index (χ2n) is 4.46. The molecule has 0 spiro atoms. The number of halogens is 1. The third-order valence-corrected chi connectivity index (χ3v) is 3.67. The molecule has 1 amide bonds. The molecule has 1 aliphatic heterocycles. The number of hydrogen-bond donors (Lipinski definition) is 2. The van der Waals surface area contributed by atoms with Crippen molar-refractivity contribution in [2.45, 2.75) is 45.8 Å². The van der Waals surface area contributed by atoms with Gasteiger partial charge in [-0.3, -0.25) is 9.48 Å². The highest BCUT2D eigenvalue weighted by molar-refractivity contribution is 6.31. The maximum absolute atomic E-state index is 11.1. The van der Waals surface area contributed by atoms with E-state index in [9.17, 15) is 4.79 Å². The molecular formula is C12H19ClN4O. The third kappa shape index (κ3) is 2.67. The summed E-state index contributed by atoms with van der Waals surface area (Å²) in [6.45, 7) is 6.24. The molecule has 6 heteroatoms. The van der Waals surface area contributed by atoms with Gasteiger partial charge >= 0.3 is 0 Å². The van der Waals surface area contributed by atoms with Crippen molar-refractivity contribution in [1.82, 2.24) is 20.4 Å². The van der Waals surface area contributed by atoms with E-state index >= 15 is 0 Å². The van der Waals surface area contributed by atoms with Crippen LogP contribution < -0.4 is 10.6 Å². The summed E-state index contributed by atoms with van der Waals surface area (Å²) >= 11 is 6.32. The van der Waals surface area contributed by atoms with Gasteiger partial charge in [0, 0.05) is 32.1 Å². The van der Waals surface area contributed by atoms with E-state index in [1.807, 2.05) is 18.5 Å². The van der Waals surface area contributed by atoms with Gasteiger partial charge in [-0.1, -0.05) is 18.5 Å². The Morgan fingerprint density at radius 2 is 2.33 bits per heavy atom. The van der Waals surface area contributed by atoms with Gasteiger partial charge < -0.3 is 10.6 Å². The molecule has 0 aliphatic carbocycles. The van der Waals surface area contributed by atoms with Crippen LogP contribution >= 0.6 is 11.6 Å². The molecule has 0 aromatic carbocycles. The van der Waals surface area contributed by atoms with Crippen LogP contribution in [0.5, 0.6) is 0 Å². The Morgan fingerprint density at radius 1 is 1.56 bits per heavy atom. The van der Waals surface area contributed by atoms with Crippen LogP contribution in [0.25, 0.3) is 0 Å². The first-order chi connectivity index (χ1) is 8.65. The van der Waals surface area contributed by atoms with E-state index in [0.717, 1.165) is 29.4 Å². The van der Waals surface area contributed by atoms with Crippen molar-refractivity contribution in [2.24, 2.45) is 0 Å². The van der Waals surface area contributed by atoms with Gasteiger partial charge in [0.1, 0.15) is 0 Å². The molecule has 1 aromatic rings. The summed E-state index contributed by atoms with van der Waals surface area (Å²) in [5.74, 6) is 0.108. The maximum Gasteiger partial charge on any atom is 0.221 e. The maximum atomic E-state index is 11.1. The van der Waals surface area contributed by atoms with E-state index in [4.69, 9.17) is 11.6 Å². The highest BCUT2D eigenvalue weighted by Gasteiger charge is 2.22. The number of amides is 1. The van der Waals surface area contributed by atoms with Crippen LogP contribution in [0.15, 0.2) is 0 Å². The summed E-state index contributed by atoms with van der Waals surface area (Å²) in [5, 5.41) is 11.4. The summed E-state index contributed by atoms with van der Waals surface area (Å²) < 4.78 is 1.93. The normalized spacial score (nSPS) is 19.3. The van der Waals surface area contributed by atoms with Crippen molar-refractivity contribution in [1.29, 1.82) is 0 Å². The molecule has 18 heavy (non-hydrogen) atoms. The zero-order valence-electron chi connectivity index (χ0n) is 10.8. The van der Waals surface area contributed by atoms with E-state index in [1.165, 1.54) is 0 Å². The fourth-order valence-corrected chi connectivity index (χ4v) is 2.51. The summed E-state index contributed by atoms with van der Waals surface area (Å²) in [7, 11) is 0. The molecule has 100 valence electrons. The van der Waals surface area contributed by atoms with Crippen LogP contribution in [0.4, 0.5) is 0 Å². The van der Waals surface area contributed by atoms with Crippen molar-refractivity contribution < 1.29 is 4.79 Å². The molecule has 1 fully saturated rings. The fourth-order valence-electron chi connectivity index (χ4n) is 2.18. The Kier molecular flexibility index (Phi) is 4.24. The number of nitrogens with zero attached hydrogens (tertiary/aromatic N) is 2. The van der Waals surface area contributed by atoms with Gasteiger partial charge in [-0.15, -0.1) is 0 Å². The lowest BCUT2D eigenvalue weighted by Crippen LogP contribution is -2.31. The van der Waals surface area contributed by atoms with Crippen LogP contribution in [0, 0.1) is 0 Å². The Labute approximate surface area is 112 Å². The van der Waals surface area contributed by atoms with E-state index in [1.54, 1.807) is 0 Å². The van der Waals surface area contributed by atoms with Gasteiger partial charge in [0.15, 0.2) is 0 Å². The minimum absolute atomic E-state index is 0.108. The Morgan fingerprint density at radius 3 is 2.89 bits per heavy atom. The second kappa shape index (κ2) is 5.71. The van der Waals surface area contributed by atoms with Gasteiger partial charge in [-0.25, -0.2) is 0 Å².